The summed E-state index contributed by atoms with van der Waals surface area (Å²) in [6, 6.07) is 0.0723. The van der Waals surface area contributed by atoms with Crippen molar-refractivity contribution in [2.24, 2.45) is 17.8 Å². The second kappa shape index (κ2) is 7.26. The number of carbonyl (C=O) groups excluding carboxylic acids is 1. The van der Waals surface area contributed by atoms with E-state index >= 15 is 0 Å². The fourth-order valence-electron chi connectivity index (χ4n) is 6.87. The van der Waals surface area contributed by atoms with Crippen LogP contribution in [0.25, 0.3) is 0 Å². The van der Waals surface area contributed by atoms with E-state index in [4.69, 9.17) is 0 Å². The first kappa shape index (κ1) is 20.4. The number of nitrogens with zero attached hydrogens (tertiary/aromatic N) is 2. The molecule has 8 heteroatoms. The van der Waals surface area contributed by atoms with Gasteiger partial charge in [-0.25, -0.2) is 18.4 Å². The molecule has 164 valence electrons. The molecule has 2 atom stereocenters. The number of amides is 1. The summed E-state index contributed by atoms with van der Waals surface area (Å²) in [6.07, 6.45) is 12.2. The molecule has 5 aliphatic rings. The minimum atomic E-state index is -3.54. The molecular formula is C22H31N3O4S. The first-order valence-corrected chi connectivity index (χ1v) is 13.2. The molecule has 1 aromatic rings. The molecule has 0 aliphatic heterocycles. The Hall–Kier alpha value is -1.54. The van der Waals surface area contributed by atoms with Gasteiger partial charge in [0.05, 0.1) is 16.9 Å². The van der Waals surface area contributed by atoms with Crippen molar-refractivity contribution in [1.29, 1.82) is 0 Å². The molecule has 5 aliphatic carbocycles. The van der Waals surface area contributed by atoms with Crippen LogP contribution in [-0.2, 0) is 9.84 Å². The van der Waals surface area contributed by atoms with Crippen molar-refractivity contribution >= 4 is 15.7 Å². The summed E-state index contributed by atoms with van der Waals surface area (Å²) in [5.41, 5.74) is 0.470. The van der Waals surface area contributed by atoms with Gasteiger partial charge in [0.25, 0.3) is 5.91 Å². The number of rotatable bonds is 4. The van der Waals surface area contributed by atoms with Gasteiger partial charge in [-0.05, 0) is 62.7 Å². The number of sulfone groups is 1. The molecule has 0 aromatic carbocycles. The van der Waals surface area contributed by atoms with Crippen molar-refractivity contribution in [3.8, 4) is 0 Å². The van der Waals surface area contributed by atoms with Gasteiger partial charge >= 0.3 is 0 Å². The fraction of sp³-hybridized carbons (Fsp3) is 0.773. The minimum Gasteiger partial charge on any atom is -0.390 e. The van der Waals surface area contributed by atoms with Crippen molar-refractivity contribution in [2.75, 3.05) is 6.26 Å². The van der Waals surface area contributed by atoms with Crippen LogP contribution < -0.4 is 5.32 Å². The van der Waals surface area contributed by atoms with Crippen LogP contribution in [0, 0.1) is 17.8 Å². The van der Waals surface area contributed by atoms with Gasteiger partial charge in [0.15, 0.2) is 0 Å². The highest BCUT2D eigenvalue weighted by Gasteiger charge is 2.55. The predicted molar refractivity (Wildman–Crippen MR) is 111 cm³/mol. The van der Waals surface area contributed by atoms with Gasteiger partial charge in [-0.15, -0.1) is 0 Å². The first-order chi connectivity index (χ1) is 14.2. The highest BCUT2D eigenvalue weighted by Crippen LogP contribution is 2.55. The normalized spacial score (nSPS) is 36.1. The van der Waals surface area contributed by atoms with Crippen LogP contribution in [0.5, 0.6) is 0 Å². The molecule has 7 nitrogen and oxygen atoms in total. The highest BCUT2D eigenvalue weighted by molar-refractivity contribution is 7.90. The third kappa shape index (κ3) is 3.66. The first-order valence-electron chi connectivity index (χ1n) is 11.3. The standard InChI is InChI=1S/C22H31N3O4S/c1-30(28,29)21-23-12-17(19(25-21)14-5-3-2-4-6-14)20(26)24-18-15-7-13-8-16(18)11-22(27,9-13)10-15/h12-16,18,27H,2-11H2,1H3,(H,24,26)/t13?,15?,16?,18-,22+. The molecule has 2 N–H and O–H groups in total. The Balaban J connectivity index is 1.42. The molecule has 6 rings (SSSR count). The average molecular weight is 434 g/mol. The van der Waals surface area contributed by atoms with Crippen LogP contribution in [0.1, 0.15) is 86.2 Å². The van der Waals surface area contributed by atoms with Crippen LogP contribution in [0.15, 0.2) is 11.4 Å². The molecule has 30 heavy (non-hydrogen) atoms. The summed E-state index contributed by atoms with van der Waals surface area (Å²) >= 11 is 0. The number of hydrogen-bond acceptors (Lipinski definition) is 6. The summed E-state index contributed by atoms with van der Waals surface area (Å²) < 4.78 is 24.0. The van der Waals surface area contributed by atoms with Crippen LogP contribution in [-0.4, -0.2) is 47.3 Å². The maximum Gasteiger partial charge on any atom is 0.254 e. The lowest BCUT2D eigenvalue weighted by atomic mass is 9.52. The fourth-order valence-corrected chi connectivity index (χ4v) is 7.37. The Bertz CT molecular complexity index is 941. The molecule has 1 amide bonds. The molecule has 1 aromatic heterocycles. The second-order valence-electron chi connectivity index (χ2n) is 10.3. The van der Waals surface area contributed by atoms with Crippen molar-refractivity contribution in [3.63, 3.8) is 0 Å². The molecule has 0 spiro atoms. The Kier molecular flexibility index (Phi) is 4.93. The van der Waals surface area contributed by atoms with Gasteiger partial charge in [0, 0.05) is 24.4 Å². The van der Waals surface area contributed by atoms with E-state index in [1.807, 2.05) is 0 Å². The maximum absolute atomic E-state index is 13.3. The van der Waals surface area contributed by atoms with Crippen LogP contribution >= 0.6 is 0 Å². The zero-order valence-corrected chi connectivity index (χ0v) is 18.3. The summed E-state index contributed by atoms with van der Waals surface area (Å²) in [7, 11) is -3.54. The smallest absolute Gasteiger partial charge is 0.254 e. The molecule has 1 heterocycles. The van der Waals surface area contributed by atoms with Gasteiger partial charge in [-0.2, -0.15) is 0 Å². The van der Waals surface area contributed by atoms with E-state index in [1.165, 1.54) is 6.20 Å². The van der Waals surface area contributed by atoms with E-state index in [9.17, 15) is 18.3 Å². The summed E-state index contributed by atoms with van der Waals surface area (Å²) in [5.74, 6) is 1.12. The van der Waals surface area contributed by atoms with E-state index in [2.05, 4.69) is 15.3 Å². The van der Waals surface area contributed by atoms with Gasteiger partial charge in [0.2, 0.25) is 15.0 Å². The third-order valence-corrected chi connectivity index (χ3v) is 8.76. The molecule has 0 saturated heterocycles. The van der Waals surface area contributed by atoms with Crippen molar-refractivity contribution in [1.82, 2.24) is 15.3 Å². The number of aliphatic hydroxyl groups is 1. The van der Waals surface area contributed by atoms with Crippen LogP contribution in [0.2, 0.25) is 0 Å². The van der Waals surface area contributed by atoms with Crippen molar-refractivity contribution < 1.29 is 18.3 Å². The Morgan fingerprint density at radius 1 is 1.13 bits per heavy atom. The number of aromatic nitrogens is 2. The number of hydrogen-bond donors (Lipinski definition) is 2. The summed E-state index contributed by atoms with van der Waals surface area (Å²) in [6.45, 7) is 0. The van der Waals surface area contributed by atoms with Crippen molar-refractivity contribution in [3.05, 3.63) is 17.5 Å². The molecular weight excluding hydrogens is 402 g/mol. The van der Waals surface area contributed by atoms with E-state index in [0.717, 1.165) is 70.5 Å². The molecule has 5 fully saturated rings. The molecule has 0 radical (unpaired) electrons. The van der Waals surface area contributed by atoms with Gasteiger partial charge in [-0.3, -0.25) is 4.79 Å². The SMILES string of the molecule is CS(=O)(=O)c1ncc(C(=O)N[C@H]2C3CC4CC2C[C@@](O)(C4)C3)c(C2CCCCC2)n1. The number of nitrogens with one attached hydrogen (secondary N) is 1. The molecule has 5 saturated carbocycles. The van der Waals surface area contributed by atoms with Crippen LogP contribution in [0.4, 0.5) is 0 Å². The maximum atomic E-state index is 13.3. The topological polar surface area (TPSA) is 109 Å². The zero-order valence-electron chi connectivity index (χ0n) is 17.5. The van der Waals surface area contributed by atoms with Gasteiger partial charge in [0.1, 0.15) is 0 Å². The third-order valence-electron chi connectivity index (χ3n) is 7.90. The summed E-state index contributed by atoms with van der Waals surface area (Å²) in [4.78, 5) is 21.7. The average Bonchev–Trinajstić information content (AvgIpc) is 2.69. The number of carbonyl (C=O) groups is 1. The zero-order chi connectivity index (χ0) is 21.1. The second-order valence-corrected chi connectivity index (χ2v) is 12.2. The van der Waals surface area contributed by atoms with E-state index < -0.39 is 15.4 Å². The molecule has 4 bridgehead atoms. The van der Waals surface area contributed by atoms with Crippen molar-refractivity contribution in [2.45, 2.75) is 86.9 Å². The lowest BCUT2D eigenvalue weighted by Gasteiger charge is -2.58. The van der Waals surface area contributed by atoms with E-state index in [0.29, 0.717) is 29.0 Å². The van der Waals surface area contributed by atoms with E-state index in [-0.39, 0.29) is 23.0 Å². The van der Waals surface area contributed by atoms with Crippen LogP contribution in [0.3, 0.4) is 0 Å². The van der Waals surface area contributed by atoms with E-state index in [1.54, 1.807) is 0 Å². The highest BCUT2D eigenvalue weighted by atomic mass is 32.2. The Labute approximate surface area is 178 Å². The lowest BCUT2D eigenvalue weighted by Crippen LogP contribution is -2.61. The largest absolute Gasteiger partial charge is 0.390 e. The Morgan fingerprint density at radius 2 is 1.80 bits per heavy atom. The quantitative estimate of drug-likeness (QED) is 0.707. The lowest BCUT2D eigenvalue weighted by molar-refractivity contribution is -0.136. The Morgan fingerprint density at radius 3 is 2.40 bits per heavy atom. The monoisotopic (exact) mass is 433 g/mol. The predicted octanol–water partition coefficient (Wildman–Crippen LogP) is 2.60. The van der Waals surface area contributed by atoms with Gasteiger partial charge in [-0.1, -0.05) is 19.3 Å². The van der Waals surface area contributed by atoms with Gasteiger partial charge < -0.3 is 10.4 Å². The summed E-state index contributed by atoms with van der Waals surface area (Å²) in [5, 5.41) is 13.9. The minimum absolute atomic E-state index is 0.0723. The molecule has 2 unspecified atom stereocenters.